The van der Waals surface area contributed by atoms with Crippen molar-refractivity contribution < 1.29 is 0 Å². The van der Waals surface area contributed by atoms with E-state index in [1.807, 2.05) is 0 Å². The van der Waals surface area contributed by atoms with E-state index in [1.165, 1.54) is 30.8 Å². The SMILES string of the molecule is Cc1cccn2cc(CC3CCN(C)C3)nc12. The number of imidazole rings is 1. The zero-order chi connectivity index (χ0) is 11.8. The summed E-state index contributed by atoms with van der Waals surface area (Å²) in [6.45, 7) is 4.57. The molecule has 0 N–H and O–H groups in total. The standard InChI is InChI=1S/C14H19N3/c1-11-4-3-6-17-10-13(15-14(11)17)8-12-5-7-16(2)9-12/h3-4,6,10,12H,5,7-9H2,1-2H3. The maximum atomic E-state index is 4.75. The molecule has 2 aromatic heterocycles. The number of hydrogen-bond acceptors (Lipinski definition) is 2. The Bertz CT molecular complexity index is 529. The van der Waals surface area contributed by atoms with Gasteiger partial charge in [0.2, 0.25) is 0 Å². The van der Waals surface area contributed by atoms with Gasteiger partial charge in [-0.25, -0.2) is 4.98 Å². The van der Waals surface area contributed by atoms with E-state index in [0.717, 1.165) is 18.0 Å². The molecule has 0 amide bonds. The third-order valence-electron chi connectivity index (χ3n) is 3.71. The lowest BCUT2D eigenvalue weighted by Gasteiger charge is -2.07. The number of hydrogen-bond donors (Lipinski definition) is 0. The molecule has 0 spiro atoms. The summed E-state index contributed by atoms with van der Waals surface area (Å²) in [7, 11) is 2.20. The van der Waals surface area contributed by atoms with Crippen LogP contribution in [-0.4, -0.2) is 34.4 Å². The van der Waals surface area contributed by atoms with Crippen LogP contribution in [-0.2, 0) is 6.42 Å². The zero-order valence-corrected chi connectivity index (χ0v) is 10.6. The van der Waals surface area contributed by atoms with Crippen molar-refractivity contribution in [2.75, 3.05) is 20.1 Å². The Morgan fingerprint density at radius 1 is 1.47 bits per heavy atom. The number of aromatic nitrogens is 2. The molecule has 0 aromatic carbocycles. The third kappa shape index (κ3) is 2.07. The molecular weight excluding hydrogens is 210 g/mol. The highest BCUT2D eigenvalue weighted by Gasteiger charge is 2.20. The van der Waals surface area contributed by atoms with E-state index in [9.17, 15) is 0 Å². The summed E-state index contributed by atoms with van der Waals surface area (Å²) >= 11 is 0. The van der Waals surface area contributed by atoms with E-state index in [1.54, 1.807) is 0 Å². The maximum Gasteiger partial charge on any atom is 0.139 e. The van der Waals surface area contributed by atoms with E-state index in [0.29, 0.717) is 0 Å². The smallest absolute Gasteiger partial charge is 0.139 e. The number of fused-ring (bicyclic) bond motifs is 1. The van der Waals surface area contributed by atoms with Crippen LogP contribution in [0.2, 0.25) is 0 Å². The molecule has 0 aliphatic carbocycles. The number of nitrogens with zero attached hydrogens (tertiary/aromatic N) is 3. The van der Waals surface area contributed by atoms with E-state index in [4.69, 9.17) is 4.98 Å². The normalized spacial score (nSPS) is 21.4. The van der Waals surface area contributed by atoms with Gasteiger partial charge in [-0.1, -0.05) is 6.07 Å². The van der Waals surface area contributed by atoms with Gasteiger partial charge in [-0.2, -0.15) is 0 Å². The average molecular weight is 229 g/mol. The van der Waals surface area contributed by atoms with Crippen molar-refractivity contribution in [3.8, 4) is 0 Å². The van der Waals surface area contributed by atoms with Crippen LogP contribution < -0.4 is 0 Å². The van der Waals surface area contributed by atoms with Crippen LogP contribution in [0.25, 0.3) is 5.65 Å². The van der Waals surface area contributed by atoms with Gasteiger partial charge in [0, 0.05) is 18.9 Å². The van der Waals surface area contributed by atoms with Gasteiger partial charge in [-0.15, -0.1) is 0 Å². The number of pyridine rings is 1. The van der Waals surface area contributed by atoms with Crippen molar-refractivity contribution in [3.63, 3.8) is 0 Å². The summed E-state index contributed by atoms with van der Waals surface area (Å²) < 4.78 is 2.14. The Hall–Kier alpha value is -1.35. The van der Waals surface area contributed by atoms with Gasteiger partial charge in [0.1, 0.15) is 5.65 Å². The fraction of sp³-hybridized carbons (Fsp3) is 0.500. The van der Waals surface area contributed by atoms with Crippen LogP contribution in [0.5, 0.6) is 0 Å². The first-order valence-electron chi connectivity index (χ1n) is 6.34. The first kappa shape index (κ1) is 10.8. The minimum Gasteiger partial charge on any atom is -0.307 e. The molecule has 3 rings (SSSR count). The molecule has 1 atom stereocenters. The third-order valence-corrected chi connectivity index (χ3v) is 3.71. The Morgan fingerprint density at radius 3 is 3.06 bits per heavy atom. The maximum absolute atomic E-state index is 4.75. The van der Waals surface area contributed by atoms with Crippen LogP contribution in [0.4, 0.5) is 0 Å². The topological polar surface area (TPSA) is 20.5 Å². The molecule has 2 aromatic rings. The van der Waals surface area contributed by atoms with Crippen molar-refractivity contribution in [2.24, 2.45) is 5.92 Å². The van der Waals surface area contributed by atoms with Crippen molar-refractivity contribution in [1.29, 1.82) is 0 Å². The molecule has 90 valence electrons. The predicted molar refractivity (Wildman–Crippen MR) is 69.2 cm³/mol. The van der Waals surface area contributed by atoms with Gasteiger partial charge in [0.15, 0.2) is 0 Å². The number of rotatable bonds is 2. The number of aryl methyl sites for hydroxylation is 1. The van der Waals surface area contributed by atoms with Crippen molar-refractivity contribution in [2.45, 2.75) is 19.8 Å². The quantitative estimate of drug-likeness (QED) is 0.786. The summed E-state index contributed by atoms with van der Waals surface area (Å²) in [6.07, 6.45) is 6.69. The first-order chi connectivity index (χ1) is 8.22. The molecule has 0 bridgehead atoms. The Balaban J connectivity index is 1.84. The lowest BCUT2D eigenvalue weighted by atomic mass is 10.0. The molecule has 0 saturated carbocycles. The average Bonchev–Trinajstić information content (AvgIpc) is 2.86. The Morgan fingerprint density at radius 2 is 2.35 bits per heavy atom. The second kappa shape index (κ2) is 4.15. The van der Waals surface area contributed by atoms with Crippen LogP contribution in [0.15, 0.2) is 24.5 Å². The van der Waals surface area contributed by atoms with Crippen LogP contribution >= 0.6 is 0 Å². The van der Waals surface area contributed by atoms with E-state index in [2.05, 4.69) is 47.8 Å². The lowest BCUT2D eigenvalue weighted by molar-refractivity contribution is 0.394. The molecule has 17 heavy (non-hydrogen) atoms. The second-order valence-corrected chi connectivity index (χ2v) is 5.28. The van der Waals surface area contributed by atoms with Crippen LogP contribution in [0, 0.1) is 12.8 Å². The minimum absolute atomic E-state index is 0.783. The highest BCUT2D eigenvalue weighted by molar-refractivity contribution is 5.47. The summed E-state index contributed by atoms with van der Waals surface area (Å²) in [6, 6.07) is 4.20. The molecule has 0 radical (unpaired) electrons. The zero-order valence-electron chi connectivity index (χ0n) is 10.6. The molecule has 3 heteroatoms. The summed E-state index contributed by atoms with van der Waals surface area (Å²) in [5, 5.41) is 0. The highest BCUT2D eigenvalue weighted by atomic mass is 15.1. The largest absolute Gasteiger partial charge is 0.307 e. The van der Waals surface area contributed by atoms with E-state index in [-0.39, 0.29) is 0 Å². The van der Waals surface area contributed by atoms with Crippen molar-refractivity contribution >= 4 is 5.65 Å². The van der Waals surface area contributed by atoms with Gasteiger partial charge in [0.25, 0.3) is 0 Å². The molecule has 3 nitrogen and oxygen atoms in total. The molecule has 1 unspecified atom stereocenters. The van der Waals surface area contributed by atoms with Crippen LogP contribution in [0.3, 0.4) is 0 Å². The van der Waals surface area contributed by atoms with Crippen LogP contribution in [0.1, 0.15) is 17.7 Å². The predicted octanol–water partition coefficient (Wildman–Crippen LogP) is 2.14. The van der Waals surface area contributed by atoms with Gasteiger partial charge in [-0.05, 0) is 50.9 Å². The van der Waals surface area contributed by atoms with Gasteiger partial charge in [-0.3, -0.25) is 0 Å². The molecule has 1 aliphatic heterocycles. The van der Waals surface area contributed by atoms with E-state index < -0.39 is 0 Å². The van der Waals surface area contributed by atoms with Gasteiger partial charge < -0.3 is 9.30 Å². The van der Waals surface area contributed by atoms with E-state index >= 15 is 0 Å². The minimum atomic E-state index is 0.783. The summed E-state index contributed by atoms with van der Waals surface area (Å²) in [4.78, 5) is 7.15. The fourth-order valence-corrected chi connectivity index (χ4v) is 2.79. The monoisotopic (exact) mass is 229 g/mol. The Labute approximate surface area is 102 Å². The summed E-state index contributed by atoms with van der Waals surface area (Å²) in [5.74, 6) is 0.783. The molecule has 1 fully saturated rings. The summed E-state index contributed by atoms with van der Waals surface area (Å²) in [5.41, 5.74) is 3.59. The Kier molecular flexibility index (Phi) is 2.63. The lowest BCUT2D eigenvalue weighted by Crippen LogP contribution is -2.15. The first-order valence-corrected chi connectivity index (χ1v) is 6.34. The molecular formula is C14H19N3. The highest BCUT2D eigenvalue weighted by Crippen LogP contribution is 2.20. The van der Waals surface area contributed by atoms with Gasteiger partial charge in [0.05, 0.1) is 5.69 Å². The molecule has 3 heterocycles. The second-order valence-electron chi connectivity index (χ2n) is 5.28. The van der Waals surface area contributed by atoms with Crippen molar-refractivity contribution in [3.05, 3.63) is 35.8 Å². The van der Waals surface area contributed by atoms with Gasteiger partial charge >= 0.3 is 0 Å². The number of likely N-dealkylation sites (tertiary alicyclic amines) is 1. The molecule has 1 saturated heterocycles. The molecule has 1 aliphatic rings. The fourth-order valence-electron chi connectivity index (χ4n) is 2.79. The van der Waals surface area contributed by atoms with Crippen molar-refractivity contribution in [1.82, 2.24) is 14.3 Å².